The van der Waals surface area contributed by atoms with Gasteiger partial charge in [0.05, 0.1) is 22.8 Å². The van der Waals surface area contributed by atoms with E-state index in [1.807, 2.05) is 6.07 Å². The monoisotopic (exact) mass is 440 g/mol. The summed E-state index contributed by atoms with van der Waals surface area (Å²) in [4.78, 5) is 12.3. The van der Waals surface area contributed by atoms with Crippen LogP contribution in [-0.2, 0) is 4.79 Å². The Morgan fingerprint density at radius 3 is 2.76 bits per heavy atom. The van der Waals surface area contributed by atoms with Gasteiger partial charge in [0.1, 0.15) is 11.6 Å². The molecule has 2 rings (SSSR count). The van der Waals surface area contributed by atoms with Crippen LogP contribution in [0.4, 0.5) is 5.69 Å². The zero-order valence-electron chi connectivity index (χ0n) is 12.8. The van der Waals surface area contributed by atoms with Crippen LogP contribution in [0.3, 0.4) is 0 Å². The van der Waals surface area contributed by atoms with E-state index < -0.39 is 5.91 Å². The van der Waals surface area contributed by atoms with E-state index in [1.165, 1.54) is 25.3 Å². The van der Waals surface area contributed by atoms with Crippen molar-refractivity contribution in [2.75, 3.05) is 12.4 Å². The first-order valence-corrected chi connectivity index (χ1v) is 8.36. The molecule has 0 aromatic heterocycles. The number of carbonyl (C=O) groups is 1. The number of aromatic hydroxyl groups is 1. The Balaban J connectivity index is 2.36. The largest absolute Gasteiger partial charge is 0.504 e. The molecule has 0 spiro atoms. The number of phenols is 1. The highest BCUT2D eigenvalue weighted by atomic mass is 79.9. The topological polar surface area (TPSA) is 82.3 Å². The second-order valence-corrected chi connectivity index (χ2v) is 6.41. The summed E-state index contributed by atoms with van der Waals surface area (Å²) in [5, 5.41) is 22.0. The lowest BCUT2D eigenvalue weighted by atomic mass is 10.1. The molecule has 5 nitrogen and oxygen atoms in total. The molecule has 2 N–H and O–H groups in total. The number of carbonyl (C=O) groups excluding carboxylic acids is 1. The van der Waals surface area contributed by atoms with Gasteiger partial charge in [-0.05, 0) is 35.9 Å². The summed E-state index contributed by atoms with van der Waals surface area (Å²) >= 11 is 15.2. The molecule has 0 saturated heterocycles. The fourth-order valence-electron chi connectivity index (χ4n) is 1.93. The van der Waals surface area contributed by atoms with E-state index >= 15 is 0 Å². The molecule has 128 valence electrons. The number of ether oxygens (including phenoxy) is 1. The Morgan fingerprint density at radius 2 is 2.12 bits per heavy atom. The van der Waals surface area contributed by atoms with Gasteiger partial charge in [0.15, 0.2) is 11.5 Å². The number of amides is 1. The molecular weight excluding hydrogens is 431 g/mol. The third kappa shape index (κ3) is 4.45. The Kier molecular flexibility index (Phi) is 6.32. The number of nitrogens with zero attached hydrogens (tertiary/aromatic N) is 1. The second kappa shape index (κ2) is 8.26. The molecule has 1 amide bonds. The van der Waals surface area contributed by atoms with Crippen molar-refractivity contribution in [3.63, 3.8) is 0 Å². The van der Waals surface area contributed by atoms with E-state index in [0.717, 1.165) is 0 Å². The van der Waals surface area contributed by atoms with Gasteiger partial charge in [0, 0.05) is 4.47 Å². The van der Waals surface area contributed by atoms with Crippen LogP contribution in [0.2, 0.25) is 10.0 Å². The smallest absolute Gasteiger partial charge is 0.266 e. The molecule has 0 aliphatic heterocycles. The Hall–Kier alpha value is -2.20. The quantitative estimate of drug-likeness (QED) is 0.515. The van der Waals surface area contributed by atoms with Gasteiger partial charge in [-0.15, -0.1) is 0 Å². The first kappa shape index (κ1) is 19.1. The maximum absolute atomic E-state index is 12.3. The van der Waals surface area contributed by atoms with Crippen molar-refractivity contribution >= 4 is 56.8 Å². The van der Waals surface area contributed by atoms with Crippen LogP contribution in [0.5, 0.6) is 11.5 Å². The van der Waals surface area contributed by atoms with E-state index in [2.05, 4.69) is 21.2 Å². The SMILES string of the molecule is COc1cc(C=C(C#N)C(=O)Nc2cccc(Cl)c2Cl)c(Br)cc1O. The molecule has 0 heterocycles. The summed E-state index contributed by atoms with van der Waals surface area (Å²) in [6, 6.07) is 9.52. The standard InChI is InChI=1S/C17H11BrCl2N2O3/c1-25-15-6-9(11(18)7-14(15)23)5-10(8-21)17(24)22-13-4-2-3-12(19)16(13)20/h2-7,23H,1H3,(H,22,24). The third-order valence-electron chi connectivity index (χ3n) is 3.16. The number of phenolic OH excluding ortho intramolecular Hbond substituents is 1. The Bertz CT molecular complexity index is 907. The van der Waals surface area contributed by atoms with Crippen molar-refractivity contribution in [1.82, 2.24) is 0 Å². The zero-order valence-corrected chi connectivity index (χ0v) is 15.9. The fraction of sp³-hybridized carbons (Fsp3) is 0.0588. The third-order valence-corrected chi connectivity index (χ3v) is 4.67. The van der Waals surface area contributed by atoms with Crippen LogP contribution in [0.15, 0.2) is 40.4 Å². The van der Waals surface area contributed by atoms with E-state index in [9.17, 15) is 15.2 Å². The predicted octanol–water partition coefficient (Wildman–Crippen LogP) is 5.02. The summed E-state index contributed by atoms with van der Waals surface area (Å²) in [7, 11) is 1.40. The second-order valence-electron chi connectivity index (χ2n) is 4.77. The predicted molar refractivity (Wildman–Crippen MR) is 101 cm³/mol. The molecule has 0 fully saturated rings. The Morgan fingerprint density at radius 1 is 1.40 bits per heavy atom. The minimum Gasteiger partial charge on any atom is -0.504 e. The van der Waals surface area contributed by atoms with Crippen LogP contribution >= 0.6 is 39.1 Å². The van der Waals surface area contributed by atoms with Crippen LogP contribution < -0.4 is 10.1 Å². The zero-order chi connectivity index (χ0) is 18.6. The van der Waals surface area contributed by atoms with E-state index in [0.29, 0.717) is 15.7 Å². The van der Waals surface area contributed by atoms with E-state index in [1.54, 1.807) is 18.2 Å². The molecule has 2 aromatic carbocycles. The average molecular weight is 442 g/mol. The van der Waals surface area contributed by atoms with Gasteiger partial charge >= 0.3 is 0 Å². The van der Waals surface area contributed by atoms with Crippen molar-refractivity contribution < 1.29 is 14.6 Å². The van der Waals surface area contributed by atoms with Gasteiger partial charge in [-0.1, -0.05) is 45.2 Å². The highest BCUT2D eigenvalue weighted by Gasteiger charge is 2.14. The van der Waals surface area contributed by atoms with Gasteiger partial charge in [-0.3, -0.25) is 4.79 Å². The lowest BCUT2D eigenvalue weighted by Crippen LogP contribution is -2.13. The normalized spacial score (nSPS) is 10.9. The molecule has 25 heavy (non-hydrogen) atoms. The summed E-state index contributed by atoms with van der Waals surface area (Å²) in [5.74, 6) is -0.504. The van der Waals surface area contributed by atoms with Crippen molar-refractivity contribution in [1.29, 1.82) is 5.26 Å². The van der Waals surface area contributed by atoms with Crippen LogP contribution in [0.25, 0.3) is 6.08 Å². The number of anilines is 1. The van der Waals surface area contributed by atoms with Gasteiger partial charge in [-0.2, -0.15) is 5.26 Å². The molecule has 0 aliphatic rings. The van der Waals surface area contributed by atoms with Crippen molar-refractivity contribution in [2.24, 2.45) is 0 Å². The molecule has 8 heteroatoms. The van der Waals surface area contributed by atoms with Gasteiger partial charge < -0.3 is 15.2 Å². The minimum atomic E-state index is -0.648. The number of halogens is 3. The molecular formula is C17H11BrCl2N2O3. The highest BCUT2D eigenvalue weighted by Crippen LogP contribution is 2.34. The fourth-order valence-corrected chi connectivity index (χ4v) is 2.72. The lowest BCUT2D eigenvalue weighted by molar-refractivity contribution is -0.112. The van der Waals surface area contributed by atoms with E-state index in [-0.39, 0.29) is 27.1 Å². The van der Waals surface area contributed by atoms with Crippen LogP contribution in [0.1, 0.15) is 5.56 Å². The number of hydrogen-bond acceptors (Lipinski definition) is 4. The number of hydrogen-bond donors (Lipinski definition) is 2. The summed E-state index contributed by atoms with van der Waals surface area (Å²) < 4.78 is 5.52. The summed E-state index contributed by atoms with van der Waals surface area (Å²) in [6.07, 6.45) is 1.36. The number of benzene rings is 2. The van der Waals surface area contributed by atoms with Gasteiger partial charge in [0.2, 0.25) is 0 Å². The number of nitrogens with one attached hydrogen (secondary N) is 1. The number of methoxy groups -OCH3 is 1. The molecule has 0 atom stereocenters. The van der Waals surface area contributed by atoms with Gasteiger partial charge in [-0.25, -0.2) is 0 Å². The molecule has 0 bridgehead atoms. The summed E-state index contributed by atoms with van der Waals surface area (Å²) in [6.45, 7) is 0. The number of nitriles is 1. The van der Waals surface area contributed by atoms with E-state index in [4.69, 9.17) is 27.9 Å². The number of rotatable bonds is 4. The van der Waals surface area contributed by atoms with Crippen molar-refractivity contribution in [2.45, 2.75) is 0 Å². The van der Waals surface area contributed by atoms with Gasteiger partial charge in [0.25, 0.3) is 5.91 Å². The first-order valence-electron chi connectivity index (χ1n) is 6.81. The average Bonchev–Trinajstić information content (AvgIpc) is 2.58. The summed E-state index contributed by atoms with van der Waals surface area (Å²) in [5.41, 5.74) is 0.616. The maximum atomic E-state index is 12.3. The highest BCUT2D eigenvalue weighted by molar-refractivity contribution is 9.10. The molecule has 0 saturated carbocycles. The molecule has 2 aromatic rings. The Labute approximate surface area is 162 Å². The molecule has 0 unspecified atom stereocenters. The van der Waals surface area contributed by atoms with Crippen LogP contribution in [0, 0.1) is 11.3 Å². The van der Waals surface area contributed by atoms with Crippen molar-refractivity contribution in [3.05, 3.63) is 56.0 Å². The minimum absolute atomic E-state index is 0.0693. The first-order chi connectivity index (χ1) is 11.9. The maximum Gasteiger partial charge on any atom is 0.266 e. The van der Waals surface area contributed by atoms with Crippen LogP contribution in [-0.4, -0.2) is 18.1 Å². The lowest BCUT2D eigenvalue weighted by Gasteiger charge is -2.09. The molecule has 0 radical (unpaired) electrons. The van der Waals surface area contributed by atoms with Crippen molar-refractivity contribution in [3.8, 4) is 17.6 Å². The molecule has 0 aliphatic carbocycles.